The van der Waals surface area contributed by atoms with Crippen molar-refractivity contribution in [3.8, 4) is 0 Å². The third-order valence-corrected chi connectivity index (χ3v) is 2.82. The number of rotatable bonds is 4. The van der Waals surface area contributed by atoms with Crippen molar-refractivity contribution in [2.75, 3.05) is 19.5 Å². The summed E-state index contributed by atoms with van der Waals surface area (Å²) in [5.74, 6) is -1.31. The van der Waals surface area contributed by atoms with E-state index in [0.29, 0.717) is 5.69 Å². The van der Waals surface area contributed by atoms with Crippen molar-refractivity contribution in [3.05, 3.63) is 48.4 Å². The molecule has 2 rings (SSSR count). The molecule has 0 amide bonds. The highest BCUT2D eigenvalue weighted by Gasteiger charge is 2.13. The quantitative estimate of drug-likeness (QED) is 0.683. The van der Waals surface area contributed by atoms with Crippen LogP contribution in [0.3, 0.4) is 0 Å². The van der Waals surface area contributed by atoms with E-state index < -0.39 is 11.9 Å². The molecule has 2 aromatic rings. The van der Waals surface area contributed by atoms with Gasteiger partial charge in [0.25, 0.3) is 0 Å². The fourth-order valence-electron chi connectivity index (χ4n) is 1.81. The maximum atomic E-state index is 11.7. The second-order valence-corrected chi connectivity index (χ2v) is 4.10. The second-order valence-electron chi connectivity index (χ2n) is 4.10. The van der Waals surface area contributed by atoms with Gasteiger partial charge >= 0.3 is 11.9 Å². The lowest BCUT2D eigenvalue weighted by molar-refractivity contribution is -0.138. The predicted octanol–water partition coefficient (Wildman–Crippen LogP) is 1.88. The van der Waals surface area contributed by atoms with Gasteiger partial charge < -0.3 is 14.8 Å². The number of hydrogen-bond donors (Lipinski definition) is 1. The summed E-state index contributed by atoms with van der Waals surface area (Å²) in [5, 5.41) is 4.67. The summed E-state index contributed by atoms with van der Waals surface area (Å²) in [6.07, 6.45) is 4.41. The van der Waals surface area contributed by atoms with Gasteiger partial charge in [0.05, 0.1) is 20.3 Å². The summed E-state index contributed by atoms with van der Waals surface area (Å²) >= 11 is 0. The van der Waals surface area contributed by atoms with Crippen LogP contribution < -0.4 is 5.32 Å². The Kier molecular flexibility index (Phi) is 4.50. The van der Waals surface area contributed by atoms with Gasteiger partial charge in [-0.1, -0.05) is 12.1 Å². The lowest BCUT2D eigenvalue weighted by Crippen LogP contribution is -2.15. The molecule has 21 heavy (non-hydrogen) atoms. The average Bonchev–Trinajstić information content (AvgIpc) is 2.53. The molecule has 0 saturated carbocycles. The molecule has 1 N–H and O–H groups in total. The number of nitrogens with one attached hydrogen (secondary N) is 1. The maximum Gasteiger partial charge on any atom is 0.354 e. The molecule has 0 fully saturated rings. The average molecular weight is 286 g/mol. The molecular weight excluding hydrogens is 272 g/mol. The monoisotopic (exact) mass is 286 g/mol. The lowest BCUT2D eigenvalue weighted by atomic mass is 10.1. The number of fused-ring (bicyclic) bond motifs is 1. The van der Waals surface area contributed by atoms with E-state index in [-0.39, 0.29) is 5.70 Å². The Balaban J connectivity index is 2.41. The second kappa shape index (κ2) is 6.51. The molecule has 0 bridgehead atoms. The largest absolute Gasteiger partial charge is 0.466 e. The van der Waals surface area contributed by atoms with E-state index in [2.05, 4.69) is 19.8 Å². The summed E-state index contributed by atoms with van der Waals surface area (Å²) in [5.41, 5.74) is 0.657. The maximum absolute atomic E-state index is 11.7. The normalized spacial score (nSPS) is 11.0. The number of carbonyl (C=O) groups excluding carboxylic acids is 2. The first kappa shape index (κ1) is 14.5. The molecule has 1 aromatic carbocycles. The van der Waals surface area contributed by atoms with E-state index in [9.17, 15) is 9.59 Å². The van der Waals surface area contributed by atoms with Crippen molar-refractivity contribution < 1.29 is 19.1 Å². The Morgan fingerprint density at radius 2 is 2.00 bits per heavy atom. The molecule has 0 unspecified atom stereocenters. The Bertz CT molecular complexity index is 704. The first-order valence-electron chi connectivity index (χ1n) is 6.13. The third-order valence-electron chi connectivity index (χ3n) is 2.82. The van der Waals surface area contributed by atoms with Gasteiger partial charge in [0.15, 0.2) is 0 Å². The minimum absolute atomic E-state index is 0.00587. The van der Waals surface area contributed by atoms with Gasteiger partial charge in [-0.05, 0) is 12.1 Å². The summed E-state index contributed by atoms with van der Waals surface area (Å²) in [7, 11) is 2.47. The molecule has 1 heterocycles. The standard InChI is InChI=1S/C15H14N2O4/c1-20-14(18)8-13(15(19)21-2)17-12-5-3-4-10-9-16-7-6-11(10)12/h3-9,17H,1-2H3/b13-8+. The van der Waals surface area contributed by atoms with Crippen LogP contribution >= 0.6 is 0 Å². The van der Waals surface area contributed by atoms with Crippen molar-refractivity contribution in [1.82, 2.24) is 4.98 Å². The van der Waals surface area contributed by atoms with Gasteiger partial charge in [0, 0.05) is 28.9 Å². The highest BCUT2D eigenvalue weighted by Crippen LogP contribution is 2.23. The summed E-state index contributed by atoms with van der Waals surface area (Å²) in [6.45, 7) is 0. The molecule has 6 heteroatoms. The Morgan fingerprint density at radius 3 is 2.71 bits per heavy atom. The minimum Gasteiger partial charge on any atom is -0.466 e. The van der Waals surface area contributed by atoms with Gasteiger partial charge in [-0.15, -0.1) is 0 Å². The van der Waals surface area contributed by atoms with E-state index in [1.54, 1.807) is 18.5 Å². The van der Waals surface area contributed by atoms with Crippen molar-refractivity contribution in [2.45, 2.75) is 0 Å². The van der Waals surface area contributed by atoms with Crippen molar-refractivity contribution in [1.29, 1.82) is 0 Å². The number of carbonyl (C=O) groups is 2. The molecule has 0 aliphatic rings. The van der Waals surface area contributed by atoms with E-state index in [1.807, 2.05) is 18.2 Å². The third kappa shape index (κ3) is 3.36. The Labute approximate surface area is 121 Å². The van der Waals surface area contributed by atoms with Crippen LogP contribution in [0, 0.1) is 0 Å². The topological polar surface area (TPSA) is 77.5 Å². The van der Waals surface area contributed by atoms with Crippen molar-refractivity contribution in [3.63, 3.8) is 0 Å². The van der Waals surface area contributed by atoms with Crippen LogP contribution in [0.1, 0.15) is 0 Å². The molecule has 1 aromatic heterocycles. The highest BCUT2D eigenvalue weighted by atomic mass is 16.5. The zero-order valence-corrected chi connectivity index (χ0v) is 11.6. The van der Waals surface area contributed by atoms with Gasteiger partial charge in [-0.2, -0.15) is 0 Å². The molecule has 0 aliphatic carbocycles. The summed E-state index contributed by atoms with van der Waals surface area (Å²) in [4.78, 5) is 27.1. The van der Waals surface area contributed by atoms with Crippen LogP contribution in [0.15, 0.2) is 48.4 Å². The number of pyridine rings is 1. The number of methoxy groups -OCH3 is 2. The van der Waals surface area contributed by atoms with E-state index >= 15 is 0 Å². The van der Waals surface area contributed by atoms with Crippen LogP contribution in [0.2, 0.25) is 0 Å². The predicted molar refractivity (Wildman–Crippen MR) is 77.5 cm³/mol. The van der Waals surface area contributed by atoms with Crippen molar-refractivity contribution in [2.24, 2.45) is 0 Å². The lowest BCUT2D eigenvalue weighted by Gasteiger charge is -2.11. The SMILES string of the molecule is COC(=O)/C=C(/Nc1cccc2cnccc12)C(=O)OC. The zero-order chi connectivity index (χ0) is 15.2. The number of esters is 2. The van der Waals surface area contributed by atoms with Crippen molar-refractivity contribution >= 4 is 28.4 Å². The molecule has 6 nitrogen and oxygen atoms in total. The fourth-order valence-corrected chi connectivity index (χ4v) is 1.81. The summed E-state index contributed by atoms with van der Waals surface area (Å²) in [6, 6.07) is 7.32. The number of nitrogens with zero attached hydrogens (tertiary/aromatic N) is 1. The molecule has 0 saturated heterocycles. The van der Waals surface area contributed by atoms with E-state index in [1.165, 1.54) is 14.2 Å². The Morgan fingerprint density at radius 1 is 1.19 bits per heavy atom. The van der Waals surface area contributed by atoms with E-state index in [4.69, 9.17) is 0 Å². The van der Waals surface area contributed by atoms with Crippen LogP contribution in [-0.2, 0) is 19.1 Å². The number of benzene rings is 1. The van der Waals surface area contributed by atoms with Crippen LogP contribution in [0.5, 0.6) is 0 Å². The number of aromatic nitrogens is 1. The molecular formula is C15H14N2O4. The zero-order valence-electron chi connectivity index (χ0n) is 11.6. The highest BCUT2D eigenvalue weighted by molar-refractivity contribution is 6.02. The van der Waals surface area contributed by atoms with E-state index in [0.717, 1.165) is 16.8 Å². The minimum atomic E-state index is -0.661. The molecule has 0 aliphatic heterocycles. The first-order valence-corrected chi connectivity index (χ1v) is 6.13. The number of ether oxygens (including phenoxy) is 2. The molecule has 0 atom stereocenters. The first-order chi connectivity index (χ1) is 10.2. The van der Waals surface area contributed by atoms with Crippen LogP contribution in [-0.4, -0.2) is 31.1 Å². The molecule has 0 radical (unpaired) electrons. The van der Waals surface area contributed by atoms with Crippen LogP contribution in [0.4, 0.5) is 5.69 Å². The molecule has 0 spiro atoms. The van der Waals surface area contributed by atoms with Gasteiger partial charge in [-0.25, -0.2) is 9.59 Å². The van der Waals surface area contributed by atoms with Gasteiger partial charge in [0.2, 0.25) is 0 Å². The molecule has 108 valence electrons. The fraction of sp³-hybridized carbons (Fsp3) is 0.133. The smallest absolute Gasteiger partial charge is 0.354 e. The number of anilines is 1. The van der Waals surface area contributed by atoms with Gasteiger partial charge in [-0.3, -0.25) is 4.98 Å². The van der Waals surface area contributed by atoms with Gasteiger partial charge in [0.1, 0.15) is 5.70 Å². The number of hydrogen-bond acceptors (Lipinski definition) is 6. The Hall–Kier alpha value is -2.89. The summed E-state index contributed by atoms with van der Waals surface area (Å²) < 4.78 is 9.18. The van der Waals surface area contributed by atoms with Crippen LogP contribution in [0.25, 0.3) is 10.8 Å².